The summed E-state index contributed by atoms with van der Waals surface area (Å²) in [7, 11) is 0. The molecule has 2 rings (SSSR count). The number of anilines is 1. The van der Waals surface area contributed by atoms with Crippen LogP contribution in [0, 0.1) is 12.7 Å². The van der Waals surface area contributed by atoms with Gasteiger partial charge in [-0.25, -0.2) is 4.39 Å². The van der Waals surface area contributed by atoms with Crippen molar-refractivity contribution < 1.29 is 14.0 Å². The molecule has 0 radical (unpaired) electrons. The van der Waals surface area contributed by atoms with Gasteiger partial charge >= 0.3 is 0 Å². The van der Waals surface area contributed by atoms with Crippen LogP contribution in [-0.4, -0.2) is 42.4 Å². The quantitative estimate of drug-likeness (QED) is 0.873. The van der Waals surface area contributed by atoms with E-state index in [9.17, 15) is 14.0 Å². The number of carbonyl (C=O) groups is 2. The first-order valence-electron chi connectivity index (χ1n) is 8.05. The predicted molar refractivity (Wildman–Crippen MR) is 87.7 cm³/mol. The van der Waals surface area contributed by atoms with Crippen molar-refractivity contribution in [2.24, 2.45) is 0 Å². The molecule has 1 aliphatic rings. The highest BCUT2D eigenvalue weighted by Crippen LogP contribution is 2.13. The van der Waals surface area contributed by atoms with Crippen molar-refractivity contribution >= 4 is 17.5 Å². The number of carbonyl (C=O) groups excluding carboxylic acids is 2. The molecule has 2 amide bonds. The summed E-state index contributed by atoms with van der Waals surface area (Å²) in [6.45, 7) is 4.96. The lowest BCUT2D eigenvalue weighted by molar-refractivity contribution is -0.136. The number of nitrogens with zero attached hydrogens (tertiary/aromatic N) is 1. The lowest BCUT2D eigenvalue weighted by Crippen LogP contribution is -2.49. The molecule has 126 valence electrons. The number of likely N-dealkylation sites (tertiary alicyclic amines) is 1. The Morgan fingerprint density at radius 2 is 1.96 bits per heavy atom. The van der Waals surface area contributed by atoms with Gasteiger partial charge in [0.15, 0.2) is 0 Å². The summed E-state index contributed by atoms with van der Waals surface area (Å²) in [5, 5.41) is 5.64. The fourth-order valence-electron chi connectivity index (χ4n) is 2.68. The maximum atomic E-state index is 13.2. The number of nitrogens with one attached hydrogen (secondary N) is 2. The van der Waals surface area contributed by atoms with Gasteiger partial charge in [-0.2, -0.15) is 0 Å². The van der Waals surface area contributed by atoms with E-state index >= 15 is 0 Å². The highest BCUT2D eigenvalue weighted by atomic mass is 19.1. The molecule has 0 aromatic heterocycles. The molecule has 1 fully saturated rings. The molecule has 5 nitrogen and oxygen atoms in total. The van der Waals surface area contributed by atoms with Gasteiger partial charge in [-0.3, -0.25) is 9.59 Å². The SMILES string of the molecule is Cc1cc(NCC(=O)N[C@H](C)C(=O)N2CCCCC2)ccc1F. The molecule has 6 heteroatoms. The highest BCUT2D eigenvalue weighted by Gasteiger charge is 2.23. The number of rotatable bonds is 5. The first kappa shape index (κ1) is 17.2. The topological polar surface area (TPSA) is 61.4 Å². The molecular formula is C17H24FN3O2. The van der Waals surface area contributed by atoms with Gasteiger partial charge in [-0.15, -0.1) is 0 Å². The second-order valence-electron chi connectivity index (χ2n) is 5.99. The smallest absolute Gasteiger partial charge is 0.244 e. The Labute approximate surface area is 136 Å². The van der Waals surface area contributed by atoms with Gasteiger partial charge in [0.05, 0.1) is 6.54 Å². The fourth-order valence-corrected chi connectivity index (χ4v) is 2.68. The number of hydrogen-bond acceptors (Lipinski definition) is 3. The Balaban J connectivity index is 1.79. The zero-order chi connectivity index (χ0) is 16.8. The highest BCUT2D eigenvalue weighted by molar-refractivity contribution is 5.89. The summed E-state index contributed by atoms with van der Waals surface area (Å²) in [5.74, 6) is -0.568. The number of piperidine rings is 1. The summed E-state index contributed by atoms with van der Waals surface area (Å²) in [5.41, 5.74) is 1.19. The molecule has 1 aliphatic heterocycles. The summed E-state index contributed by atoms with van der Waals surface area (Å²) in [6.07, 6.45) is 3.21. The van der Waals surface area contributed by atoms with E-state index in [1.807, 2.05) is 4.90 Å². The van der Waals surface area contributed by atoms with Crippen molar-refractivity contribution in [3.8, 4) is 0 Å². The second-order valence-corrected chi connectivity index (χ2v) is 5.99. The third-order valence-electron chi connectivity index (χ3n) is 4.03. The lowest BCUT2D eigenvalue weighted by Gasteiger charge is -2.29. The number of aryl methyl sites for hydroxylation is 1. The van der Waals surface area contributed by atoms with Gasteiger partial charge in [-0.05, 0) is 56.9 Å². The van der Waals surface area contributed by atoms with E-state index in [-0.39, 0.29) is 24.2 Å². The van der Waals surface area contributed by atoms with Crippen molar-refractivity contribution in [2.75, 3.05) is 25.0 Å². The minimum atomic E-state index is -0.530. The standard InChI is InChI=1S/C17H24FN3O2/c1-12-10-14(6-7-15(12)18)19-11-16(22)20-13(2)17(23)21-8-4-3-5-9-21/h6-7,10,13,19H,3-5,8-9,11H2,1-2H3,(H,20,22)/t13-/m1/s1. The predicted octanol–water partition coefficient (Wildman–Crippen LogP) is 2.06. The first-order chi connectivity index (χ1) is 11.0. The maximum Gasteiger partial charge on any atom is 0.244 e. The molecule has 1 heterocycles. The zero-order valence-electron chi connectivity index (χ0n) is 13.7. The molecular weight excluding hydrogens is 297 g/mol. The van der Waals surface area contributed by atoms with Gasteiger partial charge in [0, 0.05) is 18.8 Å². The molecule has 1 aromatic rings. The Bertz CT molecular complexity index is 571. The maximum absolute atomic E-state index is 13.2. The third-order valence-corrected chi connectivity index (χ3v) is 4.03. The van der Waals surface area contributed by atoms with E-state index in [4.69, 9.17) is 0 Å². The average molecular weight is 321 g/mol. The number of hydrogen-bond donors (Lipinski definition) is 2. The van der Waals surface area contributed by atoms with Crippen LogP contribution in [0.2, 0.25) is 0 Å². The number of amides is 2. The van der Waals surface area contributed by atoms with Crippen LogP contribution in [-0.2, 0) is 9.59 Å². The second kappa shape index (κ2) is 7.94. The Morgan fingerprint density at radius 3 is 2.61 bits per heavy atom. The van der Waals surface area contributed by atoms with E-state index in [2.05, 4.69) is 10.6 Å². The molecule has 2 N–H and O–H groups in total. The monoisotopic (exact) mass is 321 g/mol. The number of benzene rings is 1. The summed E-state index contributed by atoms with van der Waals surface area (Å²) < 4.78 is 13.2. The molecule has 1 aromatic carbocycles. The van der Waals surface area contributed by atoms with Crippen LogP contribution in [0.1, 0.15) is 31.7 Å². The molecule has 23 heavy (non-hydrogen) atoms. The molecule has 0 aliphatic carbocycles. The molecule has 0 unspecified atom stereocenters. The summed E-state index contributed by atoms with van der Waals surface area (Å²) in [6, 6.07) is 4.05. The van der Waals surface area contributed by atoms with E-state index in [0.29, 0.717) is 11.3 Å². The Hall–Kier alpha value is -2.11. The summed E-state index contributed by atoms with van der Waals surface area (Å²) >= 11 is 0. The fraction of sp³-hybridized carbons (Fsp3) is 0.529. The van der Waals surface area contributed by atoms with Crippen LogP contribution in [0.15, 0.2) is 18.2 Å². The van der Waals surface area contributed by atoms with Crippen LogP contribution < -0.4 is 10.6 Å². The zero-order valence-corrected chi connectivity index (χ0v) is 13.7. The number of halogens is 1. The van der Waals surface area contributed by atoms with Crippen molar-refractivity contribution in [1.82, 2.24) is 10.2 Å². The van der Waals surface area contributed by atoms with Crippen LogP contribution in [0.3, 0.4) is 0 Å². The van der Waals surface area contributed by atoms with Crippen molar-refractivity contribution in [3.05, 3.63) is 29.6 Å². The average Bonchev–Trinajstić information content (AvgIpc) is 2.56. The van der Waals surface area contributed by atoms with E-state index < -0.39 is 6.04 Å². The largest absolute Gasteiger partial charge is 0.376 e. The van der Waals surface area contributed by atoms with Crippen LogP contribution >= 0.6 is 0 Å². The van der Waals surface area contributed by atoms with Gasteiger partial charge in [0.1, 0.15) is 11.9 Å². The minimum Gasteiger partial charge on any atom is -0.376 e. The molecule has 1 saturated heterocycles. The van der Waals surface area contributed by atoms with Gasteiger partial charge < -0.3 is 15.5 Å². The molecule has 1 atom stereocenters. The minimum absolute atomic E-state index is 0.0318. The van der Waals surface area contributed by atoms with Gasteiger partial charge in [0.2, 0.25) is 11.8 Å². The van der Waals surface area contributed by atoms with E-state index in [1.54, 1.807) is 26.0 Å². The van der Waals surface area contributed by atoms with E-state index in [1.165, 1.54) is 6.07 Å². The first-order valence-corrected chi connectivity index (χ1v) is 8.05. The van der Waals surface area contributed by atoms with Crippen LogP contribution in [0.5, 0.6) is 0 Å². The Morgan fingerprint density at radius 1 is 1.26 bits per heavy atom. The summed E-state index contributed by atoms with van der Waals surface area (Å²) in [4.78, 5) is 26.0. The molecule has 0 saturated carbocycles. The normalized spacial score (nSPS) is 15.9. The van der Waals surface area contributed by atoms with E-state index in [0.717, 1.165) is 32.4 Å². The van der Waals surface area contributed by atoms with Crippen LogP contribution in [0.4, 0.5) is 10.1 Å². The van der Waals surface area contributed by atoms with Crippen LogP contribution in [0.25, 0.3) is 0 Å². The van der Waals surface area contributed by atoms with Crippen molar-refractivity contribution in [1.29, 1.82) is 0 Å². The van der Waals surface area contributed by atoms with Gasteiger partial charge in [-0.1, -0.05) is 0 Å². The molecule has 0 spiro atoms. The third kappa shape index (κ3) is 4.94. The van der Waals surface area contributed by atoms with Crippen molar-refractivity contribution in [3.63, 3.8) is 0 Å². The van der Waals surface area contributed by atoms with Crippen molar-refractivity contribution in [2.45, 2.75) is 39.2 Å². The lowest BCUT2D eigenvalue weighted by atomic mass is 10.1. The Kier molecular flexibility index (Phi) is 5.96. The van der Waals surface area contributed by atoms with Gasteiger partial charge in [0.25, 0.3) is 0 Å². The molecule has 0 bridgehead atoms.